The van der Waals surface area contributed by atoms with Crippen LogP contribution < -0.4 is 16.8 Å². The normalized spacial score (nSPS) is 10.6. The summed E-state index contributed by atoms with van der Waals surface area (Å²) < 4.78 is 0. The molecule has 9 heteroatoms. The summed E-state index contributed by atoms with van der Waals surface area (Å²) in [5.41, 5.74) is 13.8. The Bertz CT molecular complexity index is 1130. The largest absolute Gasteiger partial charge is 0.507 e. The minimum Gasteiger partial charge on any atom is -0.507 e. The first-order chi connectivity index (χ1) is 14.3. The number of carbonyl (C=O) groups is 2. The maximum absolute atomic E-state index is 12.6. The lowest BCUT2D eigenvalue weighted by atomic mass is 10.1. The third kappa shape index (κ3) is 4.69. The van der Waals surface area contributed by atoms with Crippen molar-refractivity contribution in [3.63, 3.8) is 0 Å². The Morgan fingerprint density at radius 1 is 1.20 bits per heavy atom. The number of aryl methyl sites for hydroxylation is 2. The third-order valence-electron chi connectivity index (χ3n) is 4.32. The molecule has 0 spiro atoms. The summed E-state index contributed by atoms with van der Waals surface area (Å²) >= 11 is 1.15. The van der Waals surface area contributed by atoms with Gasteiger partial charge in [-0.05, 0) is 31.5 Å². The van der Waals surface area contributed by atoms with Crippen molar-refractivity contribution in [1.29, 1.82) is 0 Å². The molecule has 0 unspecified atom stereocenters. The van der Waals surface area contributed by atoms with Gasteiger partial charge in [-0.3, -0.25) is 9.59 Å². The molecule has 2 amide bonds. The highest BCUT2D eigenvalue weighted by Crippen LogP contribution is 2.29. The number of hydrogen-bond acceptors (Lipinski definition) is 7. The van der Waals surface area contributed by atoms with Crippen LogP contribution in [-0.2, 0) is 6.54 Å². The van der Waals surface area contributed by atoms with Gasteiger partial charge in [0.15, 0.2) is 11.5 Å². The summed E-state index contributed by atoms with van der Waals surface area (Å²) in [5.74, 6) is -0.978. The van der Waals surface area contributed by atoms with Gasteiger partial charge >= 0.3 is 0 Å². The van der Waals surface area contributed by atoms with Gasteiger partial charge in [-0.2, -0.15) is 0 Å². The van der Waals surface area contributed by atoms with E-state index in [-0.39, 0.29) is 23.8 Å². The molecule has 3 rings (SSSR count). The second-order valence-electron chi connectivity index (χ2n) is 6.68. The van der Waals surface area contributed by atoms with Crippen molar-refractivity contribution in [3.8, 4) is 5.75 Å². The molecule has 1 heterocycles. The number of nitrogen functional groups attached to an aromatic ring is 1. The molecule has 154 valence electrons. The Kier molecular flexibility index (Phi) is 6.22. The molecule has 0 atom stereocenters. The molecule has 1 aromatic heterocycles. The van der Waals surface area contributed by atoms with Gasteiger partial charge in [0, 0.05) is 17.0 Å². The van der Waals surface area contributed by atoms with E-state index in [1.807, 2.05) is 13.0 Å². The second kappa shape index (κ2) is 8.83. The second-order valence-corrected chi connectivity index (χ2v) is 7.74. The van der Waals surface area contributed by atoms with E-state index >= 15 is 0 Å². The molecule has 0 aliphatic carbocycles. The Labute approximate surface area is 177 Å². The zero-order chi connectivity index (χ0) is 21.8. The lowest BCUT2D eigenvalue weighted by molar-refractivity contribution is 0.0944. The van der Waals surface area contributed by atoms with Crippen LogP contribution in [-0.4, -0.2) is 26.9 Å². The van der Waals surface area contributed by atoms with E-state index in [9.17, 15) is 14.7 Å². The van der Waals surface area contributed by atoms with Gasteiger partial charge in [-0.15, -0.1) is 0 Å². The molecule has 0 aliphatic rings. The Hall–Kier alpha value is -3.59. The smallest absolute Gasteiger partial charge is 0.274 e. The van der Waals surface area contributed by atoms with Crippen LogP contribution in [0.1, 0.15) is 37.5 Å². The van der Waals surface area contributed by atoms with Gasteiger partial charge in [0.2, 0.25) is 5.91 Å². The number of anilines is 1. The van der Waals surface area contributed by atoms with Crippen molar-refractivity contribution in [2.24, 2.45) is 5.73 Å². The van der Waals surface area contributed by atoms with Crippen molar-refractivity contribution in [2.45, 2.75) is 30.3 Å². The molecule has 0 fully saturated rings. The van der Waals surface area contributed by atoms with Crippen LogP contribution in [0.2, 0.25) is 0 Å². The van der Waals surface area contributed by atoms with Crippen molar-refractivity contribution in [2.75, 3.05) is 5.73 Å². The highest BCUT2D eigenvalue weighted by atomic mass is 32.2. The molecule has 0 bridgehead atoms. The zero-order valence-electron chi connectivity index (χ0n) is 16.5. The van der Waals surface area contributed by atoms with Crippen LogP contribution in [0.4, 0.5) is 5.82 Å². The number of amides is 2. The van der Waals surface area contributed by atoms with Crippen LogP contribution in [0.25, 0.3) is 0 Å². The Morgan fingerprint density at radius 3 is 2.67 bits per heavy atom. The molecule has 30 heavy (non-hydrogen) atoms. The third-order valence-corrected chi connectivity index (χ3v) is 5.31. The van der Waals surface area contributed by atoms with Gasteiger partial charge in [-0.25, -0.2) is 9.97 Å². The predicted octanol–water partition coefficient (Wildman–Crippen LogP) is 2.56. The van der Waals surface area contributed by atoms with E-state index in [1.165, 1.54) is 6.20 Å². The van der Waals surface area contributed by atoms with E-state index in [2.05, 4.69) is 15.3 Å². The maximum atomic E-state index is 12.6. The van der Waals surface area contributed by atoms with E-state index < -0.39 is 11.8 Å². The molecular weight excluding hydrogens is 402 g/mol. The number of nitrogens with one attached hydrogen (secondary N) is 1. The van der Waals surface area contributed by atoms with Gasteiger partial charge in [0.25, 0.3) is 5.91 Å². The molecule has 6 N–H and O–H groups in total. The molecule has 3 aromatic rings. The van der Waals surface area contributed by atoms with E-state index in [0.29, 0.717) is 21.0 Å². The van der Waals surface area contributed by atoms with E-state index in [0.717, 1.165) is 22.9 Å². The standard InChI is InChI=1S/C21H21N5O3S/c1-11-7-12(2)18(27)13(8-11)9-25-21(29)17-19(22)24-10-16(26-17)30-15-6-4-3-5-14(15)20(23)28/h3-8,10,27H,9H2,1-2H3,(H2,22,24)(H2,23,28)(H,25,29). The monoisotopic (exact) mass is 423 g/mol. The lowest BCUT2D eigenvalue weighted by Gasteiger charge is -2.11. The number of primary amides is 1. The van der Waals surface area contributed by atoms with E-state index in [4.69, 9.17) is 11.5 Å². The lowest BCUT2D eigenvalue weighted by Crippen LogP contribution is -2.25. The van der Waals surface area contributed by atoms with Crippen LogP contribution >= 0.6 is 11.8 Å². The SMILES string of the molecule is Cc1cc(C)c(O)c(CNC(=O)c2nc(Sc3ccccc3C(N)=O)cnc2N)c1. The Balaban J connectivity index is 1.80. The number of phenolic OH excluding ortho intramolecular Hbond substituents is 1. The number of carbonyl (C=O) groups excluding carboxylic acids is 2. The highest BCUT2D eigenvalue weighted by molar-refractivity contribution is 7.99. The van der Waals surface area contributed by atoms with Gasteiger partial charge in [-0.1, -0.05) is 41.6 Å². The summed E-state index contributed by atoms with van der Waals surface area (Å²) in [6, 6.07) is 10.5. The first-order valence-corrected chi connectivity index (χ1v) is 9.84. The number of nitrogens with zero attached hydrogens (tertiary/aromatic N) is 2. The fourth-order valence-electron chi connectivity index (χ4n) is 2.91. The quantitative estimate of drug-likeness (QED) is 0.477. The van der Waals surface area contributed by atoms with Gasteiger partial charge < -0.3 is 21.9 Å². The summed E-state index contributed by atoms with van der Waals surface area (Å²) in [5, 5.41) is 13.3. The number of aromatic nitrogens is 2. The van der Waals surface area contributed by atoms with Crippen LogP contribution in [0.5, 0.6) is 5.75 Å². The fourth-order valence-corrected chi connectivity index (χ4v) is 3.81. The van der Waals surface area contributed by atoms with Crippen molar-refractivity contribution < 1.29 is 14.7 Å². The van der Waals surface area contributed by atoms with Crippen molar-refractivity contribution in [1.82, 2.24) is 15.3 Å². The summed E-state index contributed by atoms with van der Waals surface area (Å²) in [7, 11) is 0. The number of rotatable bonds is 6. The van der Waals surface area contributed by atoms with Crippen LogP contribution in [0, 0.1) is 13.8 Å². The predicted molar refractivity (Wildman–Crippen MR) is 114 cm³/mol. The Morgan fingerprint density at radius 2 is 1.93 bits per heavy atom. The van der Waals surface area contributed by atoms with Crippen molar-refractivity contribution in [3.05, 3.63) is 70.5 Å². The topological polar surface area (TPSA) is 144 Å². The molecule has 0 radical (unpaired) electrons. The number of aromatic hydroxyl groups is 1. The molecule has 0 aliphatic heterocycles. The summed E-state index contributed by atoms with van der Waals surface area (Å²) in [6.07, 6.45) is 1.42. The molecule has 0 saturated carbocycles. The van der Waals surface area contributed by atoms with Gasteiger partial charge in [0.1, 0.15) is 10.8 Å². The maximum Gasteiger partial charge on any atom is 0.274 e. The van der Waals surface area contributed by atoms with Crippen molar-refractivity contribution >= 4 is 29.4 Å². The van der Waals surface area contributed by atoms with E-state index in [1.54, 1.807) is 37.3 Å². The summed E-state index contributed by atoms with van der Waals surface area (Å²) in [6.45, 7) is 3.81. The number of hydrogen-bond donors (Lipinski definition) is 4. The molecule has 0 saturated heterocycles. The first kappa shape index (κ1) is 21.1. The number of nitrogens with two attached hydrogens (primary N) is 2. The minimum atomic E-state index is -0.562. The number of benzene rings is 2. The minimum absolute atomic E-state index is 0.0234. The molecule has 2 aromatic carbocycles. The van der Waals surface area contributed by atoms with Gasteiger partial charge in [0.05, 0.1) is 11.8 Å². The van der Waals surface area contributed by atoms with Crippen LogP contribution in [0.3, 0.4) is 0 Å². The average molecular weight is 423 g/mol. The highest BCUT2D eigenvalue weighted by Gasteiger charge is 2.17. The molecular formula is C21H21N5O3S. The first-order valence-electron chi connectivity index (χ1n) is 9.02. The average Bonchev–Trinajstić information content (AvgIpc) is 2.71. The molecule has 8 nitrogen and oxygen atoms in total. The fraction of sp³-hybridized carbons (Fsp3) is 0.143. The number of phenols is 1. The summed E-state index contributed by atoms with van der Waals surface area (Å²) in [4.78, 5) is 33.2. The zero-order valence-corrected chi connectivity index (χ0v) is 17.3. The van der Waals surface area contributed by atoms with Crippen LogP contribution in [0.15, 0.2) is 52.5 Å².